The summed E-state index contributed by atoms with van der Waals surface area (Å²) in [5.41, 5.74) is 0.993. The third kappa shape index (κ3) is 6.75. The monoisotopic (exact) mass is 428 g/mol. The summed E-state index contributed by atoms with van der Waals surface area (Å²) in [6, 6.07) is 2.22. The van der Waals surface area contributed by atoms with Crippen molar-refractivity contribution in [2.24, 2.45) is 0 Å². The van der Waals surface area contributed by atoms with Crippen LogP contribution < -0.4 is 10.2 Å². The molecule has 1 aliphatic heterocycles. The second kappa shape index (κ2) is 11.2. The Labute approximate surface area is 185 Å². The first-order valence-electron chi connectivity index (χ1n) is 11.5. The van der Waals surface area contributed by atoms with E-state index >= 15 is 0 Å². The van der Waals surface area contributed by atoms with Crippen LogP contribution in [0.2, 0.25) is 0 Å². The minimum atomic E-state index is 0.0921. The maximum atomic E-state index is 12.6. The van der Waals surface area contributed by atoms with Crippen molar-refractivity contribution in [2.75, 3.05) is 24.6 Å². The maximum absolute atomic E-state index is 12.6. The Hall–Kier alpha value is -2.48. The summed E-state index contributed by atoms with van der Waals surface area (Å²) in [4.78, 5) is 28.6. The summed E-state index contributed by atoms with van der Waals surface area (Å²) in [5, 5.41) is 3.05. The molecule has 3 heterocycles. The number of ether oxygens (including phenoxy) is 1. The van der Waals surface area contributed by atoms with Crippen LogP contribution in [0.15, 0.2) is 24.8 Å². The highest BCUT2D eigenvalue weighted by Gasteiger charge is 2.27. The van der Waals surface area contributed by atoms with Gasteiger partial charge in [-0.2, -0.15) is 4.98 Å². The molecule has 0 aliphatic carbocycles. The van der Waals surface area contributed by atoms with Gasteiger partial charge in [0.05, 0.1) is 11.8 Å². The number of amides is 1. The van der Waals surface area contributed by atoms with Crippen LogP contribution >= 0.6 is 0 Å². The van der Waals surface area contributed by atoms with Crippen LogP contribution in [0.1, 0.15) is 71.4 Å². The quantitative estimate of drug-likeness (QED) is 0.583. The molecule has 0 aromatic carbocycles. The van der Waals surface area contributed by atoms with Crippen LogP contribution in [-0.4, -0.2) is 57.3 Å². The van der Waals surface area contributed by atoms with Gasteiger partial charge in [-0.15, -0.1) is 0 Å². The van der Waals surface area contributed by atoms with E-state index in [4.69, 9.17) is 14.7 Å². The molecule has 1 unspecified atom stereocenters. The molecule has 8 heteroatoms. The Morgan fingerprint density at radius 3 is 2.81 bits per heavy atom. The number of imidazole rings is 1. The highest BCUT2D eigenvalue weighted by Crippen LogP contribution is 2.28. The average molecular weight is 429 g/mol. The standard InChI is InChI=1S/C23H36N6O2/c1-17(2)20-15-21(27-23(26-20)28-12-10-24-16-28)29-11-6-5-8-19(29)14-22(30)25-9-7-13-31-18(3)4/h10,12,15-19H,5-9,11,13-14H2,1-4H3,(H,25,30). The van der Waals surface area contributed by atoms with Crippen molar-refractivity contribution in [1.82, 2.24) is 24.8 Å². The molecule has 0 spiro atoms. The molecular weight excluding hydrogens is 392 g/mol. The van der Waals surface area contributed by atoms with Crippen LogP contribution in [0.25, 0.3) is 5.95 Å². The molecule has 2 aromatic rings. The summed E-state index contributed by atoms with van der Waals surface area (Å²) >= 11 is 0. The Morgan fingerprint density at radius 2 is 2.10 bits per heavy atom. The fraction of sp³-hybridized carbons (Fsp3) is 0.652. The van der Waals surface area contributed by atoms with Crippen LogP contribution in [0.3, 0.4) is 0 Å². The molecule has 1 fully saturated rings. The molecule has 3 rings (SSSR count). The Kier molecular flexibility index (Phi) is 8.40. The van der Waals surface area contributed by atoms with Gasteiger partial charge in [0, 0.05) is 50.6 Å². The van der Waals surface area contributed by atoms with Crippen molar-refractivity contribution in [3.8, 4) is 5.95 Å². The third-order valence-corrected chi connectivity index (χ3v) is 5.48. The molecule has 1 N–H and O–H groups in total. The third-order valence-electron chi connectivity index (χ3n) is 5.48. The minimum absolute atomic E-state index is 0.0921. The molecule has 0 bridgehead atoms. The van der Waals surface area contributed by atoms with E-state index in [1.807, 2.05) is 24.6 Å². The van der Waals surface area contributed by atoms with Crippen LogP contribution in [0, 0.1) is 0 Å². The lowest BCUT2D eigenvalue weighted by Gasteiger charge is -2.36. The van der Waals surface area contributed by atoms with Gasteiger partial charge in [0.2, 0.25) is 11.9 Å². The van der Waals surface area contributed by atoms with E-state index in [-0.39, 0.29) is 24.0 Å². The van der Waals surface area contributed by atoms with E-state index in [0.29, 0.717) is 25.5 Å². The summed E-state index contributed by atoms with van der Waals surface area (Å²) in [6.45, 7) is 10.5. The molecule has 1 atom stereocenters. The van der Waals surface area contributed by atoms with Crippen LogP contribution in [0.5, 0.6) is 0 Å². The van der Waals surface area contributed by atoms with Gasteiger partial charge in [-0.05, 0) is 45.4 Å². The normalized spacial score (nSPS) is 16.8. The first-order chi connectivity index (χ1) is 14.9. The van der Waals surface area contributed by atoms with E-state index in [1.165, 1.54) is 0 Å². The van der Waals surface area contributed by atoms with E-state index in [1.54, 1.807) is 12.5 Å². The second-order valence-corrected chi connectivity index (χ2v) is 8.75. The van der Waals surface area contributed by atoms with Crippen LogP contribution in [0.4, 0.5) is 5.82 Å². The van der Waals surface area contributed by atoms with Crippen molar-refractivity contribution in [3.05, 3.63) is 30.5 Å². The average Bonchev–Trinajstić information content (AvgIpc) is 3.28. The van der Waals surface area contributed by atoms with E-state index in [2.05, 4.69) is 35.1 Å². The van der Waals surface area contributed by atoms with Gasteiger partial charge in [0.1, 0.15) is 12.1 Å². The zero-order valence-electron chi connectivity index (χ0n) is 19.3. The Bertz CT molecular complexity index is 821. The summed E-state index contributed by atoms with van der Waals surface area (Å²) in [7, 11) is 0. The van der Waals surface area contributed by atoms with Crippen LogP contribution in [-0.2, 0) is 9.53 Å². The zero-order valence-corrected chi connectivity index (χ0v) is 19.3. The molecule has 0 radical (unpaired) electrons. The van der Waals surface area contributed by atoms with E-state index in [0.717, 1.165) is 43.7 Å². The zero-order chi connectivity index (χ0) is 22.2. The fourth-order valence-electron chi connectivity index (χ4n) is 3.80. The number of carbonyl (C=O) groups excluding carboxylic acids is 1. The maximum Gasteiger partial charge on any atom is 0.237 e. The van der Waals surface area contributed by atoms with Gasteiger partial charge in [-0.1, -0.05) is 13.8 Å². The van der Waals surface area contributed by atoms with Gasteiger partial charge < -0.3 is 15.0 Å². The Balaban J connectivity index is 1.69. The fourth-order valence-corrected chi connectivity index (χ4v) is 3.80. The molecule has 1 saturated heterocycles. The van der Waals surface area contributed by atoms with Gasteiger partial charge in [-0.3, -0.25) is 9.36 Å². The van der Waals surface area contributed by atoms with Gasteiger partial charge in [0.25, 0.3) is 0 Å². The SMILES string of the molecule is CC(C)OCCCNC(=O)CC1CCCCN1c1cc(C(C)C)nc(-n2ccnc2)n1. The smallest absolute Gasteiger partial charge is 0.237 e. The molecule has 0 saturated carbocycles. The predicted octanol–water partition coefficient (Wildman–Crippen LogP) is 3.47. The van der Waals surface area contributed by atoms with Gasteiger partial charge in [-0.25, -0.2) is 9.97 Å². The summed E-state index contributed by atoms with van der Waals surface area (Å²) in [6.07, 6.45) is 10.1. The number of carbonyl (C=O) groups is 1. The molecule has 2 aromatic heterocycles. The van der Waals surface area contributed by atoms with Crippen molar-refractivity contribution in [3.63, 3.8) is 0 Å². The second-order valence-electron chi connectivity index (χ2n) is 8.75. The first kappa shape index (κ1) is 23.2. The number of hydrogen-bond donors (Lipinski definition) is 1. The van der Waals surface area contributed by atoms with Crippen molar-refractivity contribution >= 4 is 11.7 Å². The number of anilines is 1. The molecule has 170 valence electrons. The Morgan fingerprint density at radius 1 is 1.26 bits per heavy atom. The van der Waals surface area contributed by atoms with E-state index < -0.39 is 0 Å². The minimum Gasteiger partial charge on any atom is -0.379 e. The molecule has 8 nitrogen and oxygen atoms in total. The highest BCUT2D eigenvalue weighted by molar-refractivity contribution is 5.77. The highest BCUT2D eigenvalue weighted by atomic mass is 16.5. The lowest BCUT2D eigenvalue weighted by atomic mass is 9.98. The topological polar surface area (TPSA) is 85.2 Å². The number of nitrogens with one attached hydrogen (secondary N) is 1. The molecule has 31 heavy (non-hydrogen) atoms. The lowest BCUT2D eigenvalue weighted by molar-refractivity contribution is -0.121. The van der Waals surface area contributed by atoms with Gasteiger partial charge in [0.15, 0.2) is 0 Å². The predicted molar refractivity (Wildman–Crippen MR) is 122 cm³/mol. The number of hydrogen-bond acceptors (Lipinski definition) is 6. The van der Waals surface area contributed by atoms with Gasteiger partial charge >= 0.3 is 0 Å². The van der Waals surface area contributed by atoms with Crippen molar-refractivity contribution in [1.29, 1.82) is 0 Å². The first-order valence-corrected chi connectivity index (χ1v) is 11.5. The molecule has 1 amide bonds. The number of piperidine rings is 1. The molecule has 1 aliphatic rings. The summed E-state index contributed by atoms with van der Waals surface area (Å²) in [5.74, 6) is 1.89. The summed E-state index contributed by atoms with van der Waals surface area (Å²) < 4.78 is 7.37. The largest absolute Gasteiger partial charge is 0.379 e. The lowest BCUT2D eigenvalue weighted by Crippen LogP contribution is -2.43. The van der Waals surface area contributed by atoms with Crippen molar-refractivity contribution < 1.29 is 9.53 Å². The number of nitrogens with zero attached hydrogens (tertiary/aromatic N) is 5. The number of aromatic nitrogens is 4. The number of rotatable bonds is 10. The van der Waals surface area contributed by atoms with Crippen molar-refractivity contribution in [2.45, 2.75) is 77.9 Å². The van der Waals surface area contributed by atoms with E-state index in [9.17, 15) is 4.79 Å². The molecular formula is C23H36N6O2.